The second-order valence-electron chi connectivity index (χ2n) is 8.02. The highest BCUT2D eigenvalue weighted by molar-refractivity contribution is 7.15. The number of nitrogens with one attached hydrogen (secondary N) is 1. The molecule has 172 valence electrons. The molecule has 0 unspecified atom stereocenters. The van der Waals surface area contributed by atoms with Gasteiger partial charge in [-0.1, -0.05) is 25.6 Å². The summed E-state index contributed by atoms with van der Waals surface area (Å²) in [4.78, 5) is 29.5. The van der Waals surface area contributed by atoms with E-state index in [0.29, 0.717) is 0 Å². The van der Waals surface area contributed by atoms with Crippen LogP contribution >= 0.6 is 11.3 Å². The summed E-state index contributed by atoms with van der Waals surface area (Å²) in [6.07, 6.45) is 5.01. The summed E-state index contributed by atoms with van der Waals surface area (Å²) in [6, 6.07) is 11.8. The van der Waals surface area contributed by atoms with E-state index in [1.165, 1.54) is 11.0 Å². The quantitative estimate of drug-likeness (QED) is 0.502. The molecule has 0 saturated carbocycles. The Hall–Kier alpha value is -3.07. The maximum absolute atomic E-state index is 11.6. The Morgan fingerprint density at radius 1 is 1.15 bits per heavy atom. The molecule has 1 saturated heterocycles. The van der Waals surface area contributed by atoms with E-state index < -0.39 is 0 Å². The third-order valence-electron chi connectivity index (χ3n) is 5.78. The molecule has 4 rings (SSSR count). The fourth-order valence-electron chi connectivity index (χ4n) is 3.90. The smallest absolute Gasteiger partial charge is 0.247 e. The number of anilines is 3. The van der Waals surface area contributed by atoms with Crippen molar-refractivity contribution in [1.29, 1.82) is 0 Å². The van der Waals surface area contributed by atoms with Gasteiger partial charge in [-0.3, -0.25) is 14.7 Å². The van der Waals surface area contributed by atoms with Crippen LogP contribution in [0.1, 0.15) is 11.8 Å². The highest BCUT2D eigenvalue weighted by Gasteiger charge is 2.23. The Morgan fingerprint density at radius 2 is 1.88 bits per heavy atom. The highest BCUT2D eigenvalue weighted by atomic mass is 32.1. The fraction of sp³-hybridized carbons (Fsp3) is 0.320. The molecule has 7 nitrogen and oxygen atoms in total. The van der Waals surface area contributed by atoms with Gasteiger partial charge in [0.2, 0.25) is 5.91 Å². The first-order valence-corrected chi connectivity index (χ1v) is 12.0. The predicted octanol–water partition coefficient (Wildman–Crippen LogP) is 4.37. The van der Waals surface area contributed by atoms with Crippen LogP contribution in [-0.4, -0.2) is 65.1 Å². The van der Waals surface area contributed by atoms with Crippen LogP contribution in [0.25, 0.3) is 11.3 Å². The fourth-order valence-corrected chi connectivity index (χ4v) is 4.66. The molecule has 0 spiro atoms. The van der Waals surface area contributed by atoms with Crippen LogP contribution in [0.2, 0.25) is 0 Å². The zero-order valence-corrected chi connectivity index (χ0v) is 20.0. The normalized spacial score (nSPS) is 14.7. The number of pyridine rings is 1. The van der Waals surface area contributed by atoms with E-state index in [0.717, 1.165) is 67.2 Å². The molecule has 8 heteroatoms. The van der Waals surface area contributed by atoms with E-state index in [4.69, 9.17) is 9.97 Å². The number of likely N-dealkylation sites (N-methyl/N-ethyl adjacent to an activating group) is 1. The molecule has 33 heavy (non-hydrogen) atoms. The maximum Gasteiger partial charge on any atom is 0.247 e. The predicted molar refractivity (Wildman–Crippen MR) is 136 cm³/mol. The second kappa shape index (κ2) is 10.7. The third kappa shape index (κ3) is 5.65. The van der Waals surface area contributed by atoms with Crippen LogP contribution in [0.4, 0.5) is 16.5 Å². The molecular weight excluding hydrogens is 432 g/mol. The van der Waals surface area contributed by atoms with Crippen molar-refractivity contribution in [3.63, 3.8) is 0 Å². The van der Waals surface area contributed by atoms with Crippen molar-refractivity contribution in [2.75, 3.05) is 49.6 Å². The lowest BCUT2D eigenvalue weighted by Crippen LogP contribution is -2.49. The van der Waals surface area contributed by atoms with E-state index in [9.17, 15) is 4.79 Å². The molecule has 0 atom stereocenters. The number of hydrogen-bond acceptors (Lipinski definition) is 7. The SMILES string of the molecule is C=CC(=O)Nc1ccc(-c2ncccc2N(CN2CCN(CC)CC2)c2ncc(C)s2)cc1. The summed E-state index contributed by atoms with van der Waals surface area (Å²) in [6.45, 7) is 13.9. The molecule has 0 aliphatic carbocycles. The zero-order chi connectivity index (χ0) is 23.2. The van der Waals surface area contributed by atoms with E-state index >= 15 is 0 Å². The topological polar surface area (TPSA) is 64.6 Å². The van der Waals surface area contributed by atoms with Gasteiger partial charge < -0.3 is 15.1 Å². The minimum absolute atomic E-state index is 0.227. The molecule has 1 aromatic carbocycles. The van der Waals surface area contributed by atoms with Crippen molar-refractivity contribution in [1.82, 2.24) is 19.8 Å². The molecule has 2 aromatic heterocycles. The van der Waals surface area contributed by atoms with Crippen LogP contribution < -0.4 is 10.2 Å². The van der Waals surface area contributed by atoms with Gasteiger partial charge in [-0.15, -0.1) is 11.3 Å². The molecule has 1 amide bonds. The van der Waals surface area contributed by atoms with Crippen LogP contribution in [0.5, 0.6) is 0 Å². The minimum atomic E-state index is -0.227. The summed E-state index contributed by atoms with van der Waals surface area (Å²) in [5.74, 6) is -0.227. The molecule has 0 radical (unpaired) electrons. The van der Waals surface area contributed by atoms with Crippen molar-refractivity contribution < 1.29 is 4.79 Å². The largest absolute Gasteiger partial charge is 0.323 e. The second-order valence-corrected chi connectivity index (χ2v) is 9.23. The number of piperazine rings is 1. The molecule has 1 fully saturated rings. The number of hydrogen-bond donors (Lipinski definition) is 1. The maximum atomic E-state index is 11.6. The van der Waals surface area contributed by atoms with Gasteiger partial charge in [0.25, 0.3) is 0 Å². The van der Waals surface area contributed by atoms with Crippen molar-refractivity contribution in [2.45, 2.75) is 13.8 Å². The summed E-state index contributed by atoms with van der Waals surface area (Å²) in [7, 11) is 0. The minimum Gasteiger partial charge on any atom is -0.323 e. The summed E-state index contributed by atoms with van der Waals surface area (Å²) >= 11 is 1.69. The molecule has 1 aliphatic heterocycles. The highest BCUT2D eigenvalue weighted by Crippen LogP contribution is 2.36. The monoisotopic (exact) mass is 462 g/mol. The Balaban J connectivity index is 1.64. The van der Waals surface area contributed by atoms with Crippen molar-refractivity contribution in [3.8, 4) is 11.3 Å². The van der Waals surface area contributed by atoms with Crippen molar-refractivity contribution in [2.24, 2.45) is 0 Å². The standard InChI is InChI=1S/C25H30N6OS/c1-4-23(32)28-21-10-8-20(9-11-21)24-22(7-6-12-26-24)31(25-27-17-19(3)33-25)18-30-15-13-29(5-2)14-16-30/h4,6-12,17H,1,5,13-16,18H2,2-3H3,(H,28,32). The van der Waals surface area contributed by atoms with E-state index in [1.807, 2.05) is 42.7 Å². The number of amides is 1. The Morgan fingerprint density at radius 3 is 2.52 bits per heavy atom. The van der Waals surface area contributed by atoms with Crippen LogP contribution in [0, 0.1) is 6.92 Å². The summed E-state index contributed by atoms with van der Waals surface area (Å²) in [5.41, 5.74) is 3.62. The van der Waals surface area contributed by atoms with Gasteiger partial charge >= 0.3 is 0 Å². The van der Waals surface area contributed by atoms with Crippen molar-refractivity contribution in [3.05, 3.63) is 66.3 Å². The zero-order valence-electron chi connectivity index (χ0n) is 19.2. The Bertz CT molecular complexity index is 1090. The van der Waals surface area contributed by atoms with Gasteiger partial charge in [-0.25, -0.2) is 4.98 Å². The number of aromatic nitrogens is 2. The lowest BCUT2D eigenvalue weighted by molar-refractivity contribution is -0.111. The number of aryl methyl sites for hydroxylation is 1. The molecule has 1 aliphatic rings. The first-order valence-electron chi connectivity index (χ1n) is 11.2. The van der Waals surface area contributed by atoms with Gasteiger partial charge in [-0.05, 0) is 43.8 Å². The molecule has 3 aromatic rings. The van der Waals surface area contributed by atoms with Gasteiger partial charge in [-0.2, -0.15) is 0 Å². The van der Waals surface area contributed by atoms with Gasteiger partial charge in [0.05, 0.1) is 18.1 Å². The van der Waals surface area contributed by atoms with Crippen molar-refractivity contribution >= 4 is 33.8 Å². The third-order valence-corrected chi connectivity index (χ3v) is 6.72. The van der Waals surface area contributed by atoms with Gasteiger partial charge in [0.15, 0.2) is 5.13 Å². The first-order chi connectivity index (χ1) is 16.1. The number of carbonyl (C=O) groups is 1. The summed E-state index contributed by atoms with van der Waals surface area (Å²) in [5, 5.41) is 3.76. The lowest BCUT2D eigenvalue weighted by atomic mass is 10.1. The van der Waals surface area contributed by atoms with Gasteiger partial charge in [0, 0.05) is 54.7 Å². The van der Waals surface area contributed by atoms with E-state index in [-0.39, 0.29) is 5.91 Å². The number of nitrogens with zero attached hydrogens (tertiary/aromatic N) is 5. The van der Waals surface area contributed by atoms with Crippen LogP contribution in [0.15, 0.2) is 61.4 Å². The number of benzene rings is 1. The van der Waals surface area contributed by atoms with Crippen LogP contribution in [-0.2, 0) is 4.79 Å². The van der Waals surface area contributed by atoms with E-state index in [1.54, 1.807) is 11.3 Å². The van der Waals surface area contributed by atoms with Gasteiger partial charge in [0.1, 0.15) is 0 Å². The van der Waals surface area contributed by atoms with Crippen LogP contribution in [0.3, 0.4) is 0 Å². The molecule has 0 bridgehead atoms. The molecular formula is C25H30N6OS. The average molecular weight is 463 g/mol. The lowest BCUT2D eigenvalue weighted by Gasteiger charge is -2.37. The number of carbonyl (C=O) groups excluding carboxylic acids is 1. The molecule has 3 heterocycles. The molecule has 1 N–H and O–H groups in total. The average Bonchev–Trinajstić information content (AvgIpc) is 3.29. The Labute approximate surface area is 199 Å². The number of thiazole rings is 1. The number of rotatable bonds is 8. The Kier molecular flexibility index (Phi) is 7.49. The summed E-state index contributed by atoms with van der Waals surface area (Å²) < 4.78 is 0. The van der Waals surface area contributed by atoms with E-state index in [2.05, 4.69) is 46.5 Å². The first kappa shape index (κ1) is 23.1.